The van der Waals surface area contributed by atoms with Crippen LogP contribution in [0.2, 0.25) is 0 Å². The smallest absolute Gasteiger partial charge is 0.223 e. The van der Waals surface area contributed by atoms with Gasteiger partial charge in [-0.05, 0) is 57.5 Å². The fraction of sp³-hybridized carbons (Fsp3) is 0.875. The third-order valence-corrected chi connectivity index (χ3v) is 5.24. The topological polar surface area (TPSA) is 75.4 Å². The van der Waals surface area contributed by atoms with Crippen molar-refractivity contribution in [3.63, 3.8) is 0 Å². The van der Waals surface area contributed by atoms with E-state index < -0.39 is 0 Å². The van der Waals surface area contributed by atoms with Crippen LogP contribution in [0.25, 0.3) is 0 Å². The molecule has 2 heterocycles. The summed E-state index contributed by atoms with van der Waals surface area (Å²) in [4.78, 5) is 25.8. The Morgan fingerprint density at radius 2 is 2.05 bits per heavy atom. The summed E-state index contributed by atoms with van der Waals surface area (Å²) in [5.41, 5.74) is 5.41. The fourth-order valence-corrected chi connectivity index (χ4v) is 3.61. The summed E-state index contributed by atoms with van der Waals surface area (Å²) in [5, 5.41) is 3.41. The zero-order chi connectivity index (χ0) is 15.4. The molecular weight excluding hydrogens is 302 g/mol. The minimum absolute atomic E-state index is 0. The second kappa shape index (κ2) is 8.73. The number of carbonyl (C=O) groups is 2. The molecule has 128 valence electrons. The van der Waals surface area contributed by atoms with E-state index in [1.165, 1.54) is 12.8 Å². The van der Waals surface area contributed by atoms with Crippen LogP contribution in [0, 0.1) is 17.8 Å². The number of nitrogens with zero attached hydrogens (tertiary/aromatic N) is 1. The molecule has 3 N–H and O–H groups in total. The number of halogens is 1. The lowest BCUT2D eigenvalue weighted by Gasteiger charge is -2.38. The summed E-state index contributed by atoms with van der Waals surface area (Å²) in [6, 6.07) is 0.227. The van der Waals surface area contributed by atoms with E-state index >= 15 is 0 Å². The van der Waals surface area contributed by atoms with E-state index in [0.717, 1.165) is 25.9 Å². The number of primary amides is 1. The monoisotopic (exact) mass is 331 g/mol. The maximum absolute atomic E-state index is 12.6. The number of likely N-dealkylation sites (tertiary alicyclic amines) is 1. The highest BCUT2D eigenvalue weighted by atomic mass is 35.5. The molecule has 2 aliphatic heterocycles. The van der Waals surface area contributed by atoms with Crippen LogP contribution in [0.3, 0.4) is 0 Å². The highest BCUT2D eigenvalue weighted by Gasteiger charge is 2.33. The van der Waals surface area contributed by atoms with Gasteiger partial charge in [-0.15, -0.1) is 12.4 Å². The third-order valence-electron chi connectivity index (χ3n) is 5.24. The van der Waals surface area contributed by atoms with E-state index in [0.29, 0.717) is 24.8 Å². The molecule has 2 rings (SSSR count). The molecule has 0 aromatic heterocycles. The van der Waals surface area contributed by atoms with E-state index in [9.17, 15) is 9.59 Å². The Morgan fingerprint density at radius 1 is 1.32 bits per heavy atom. The van der Waals surface area contributed by atoms with Crippen LogP contribution in [-0.4, -0.2) is 42.4 Å². The van der Waals surface area contributed by atoms with Crippen LogP contribution < -0.4 is 11.1 Å². The van der Waals surface area contributed by atoms with Gasteiger partial charge in [0.25, 0.3) is 0 Å². The summed E-state index contributed by atoms with van der Waals surface area (Å²) in [6.07, 6.45) is 4.68. The first-order valence-corrected chi connectivity index (χ1v) is 8.28. The highest BCUT2D eigenvalue weighted by Crippen LogP contribution is 2.27. The van der Waals surface area contributed by atoms with Gasteiger partial charge in [0.1, 0.15) is 0 Å². The van der Waals surface area contributed by atoms with E-state index in [4.69, 9.17) is 5.73 Å². The first kappa shape index (κ1) is 19.2. The zero-order valence-corrected chi connectivity index (χ0v) is 14.5. The minimum Gasteiger partial charge on any atom is -0.369 e. The number of hydrogen-bond donors (Lipinski definition) is 2. The Balaban J connectivity index is 0.00000242. The second-order valence-electron chi connectivity index (χ2n) is 6.86. The van der Waals surface area contributed by atoms with Gasteiger partial charge >= 0.3 is 0 Å². The lowest BCUT2D eigenvalue weighted by Crippen LogP contribution is -2.49. The average molecular weight is 332 g/mol. The maximum atomic E-state index is 12.6. The van der Waals surface area contributed by atoms with Gasteiger partial charge in [-0.3, -0.25) is 9.59 Å². The van der Waals surface area contributed by atoms with Crippen molar-refractivity contribution in [3.8, 4) is 0 Å². The first-order chi connectivity index (χ1) is 9.99. The molecule has 0 bridgehead atoms. The van der Waals surface area contributed by atoms with Gasteiger partial charge in [0.05, 0.1) is 5.92 Å². The molecule has 0 radical (unpaired) electrons. The minimum atomic E-state index is -0.274. The van der Waals surface area contributed by atoms with Crippen molar-refractivity contribution < 1.29 is 9.59 Å². The Morgan fingerprint density at radius 3 is 2.64 bits per heavy atom. The van der Waals surface area contributed by atoms with Crippen molar-refractivity contribution in [3.05, 3.63) is 0 Å². The van der Waals surface area contributed by atoms with Gasteiger partial charge in [0.15, 0.2) is 0 Å². The van der Waals surface area contributed by atoms with Gasteiger partial charge in [0, 0.05) is 19.0 Å². The molecule has 22 heavy (non-hydrogen) atoms. The average Bonchev–Trinajstić information content (AvgIpc) is 2.48. The predicted octanol–water partition coefficient (Wildman–Crippen LogP) is 1.55. The Bertz CT molecular complexity index is 386. The molecule has 4 atom stereocenters. The molecule has 2 aliphatic rings. The SMILES string of the molecule is CC(CC(=O)N1CC(C(N)=O)CCC1C)C1CCCNC1.Cl. The van der Waals surface area contributed by atoms with Gasteiger partial charge in [-0.2, -0.15) is 0 Å². The van der Waals surface area contributed by atoms with Crippen LogP contribution in [0.4, 0.5) is 0 Å². The first-order valence-electron chi connectivity index (χ1n) is 8.28. The molecular formula is C16H30ClN3O2. The van der Waals surface area contributed by atoms with Gasteiger partial charge in [-0.25, -0.2) is 0 Å². The maximum Gasteiger partial charge on any atom is 0.223 e. The van der Waals surface area contributed by atoms with Crippen LogP contribution >= 0.6 is 12.4 Å². The largest absolute Gasteiger partial charge is 0.369 e. The number of nitrogens with one attached hydrogen (secondary N) is 1. The van der Waals surface area contributed by atoms with Gasteiger partial charge < -0.3 is 16.0 Å². The summed E-state index contributed by atoms with van der Waals surface area (Å²) >= 11 is 0. The normalized spacial score (nSPS) is 30.3. The van der Waals surface area contributed by atoms with E-state index in [1.54, 1.807) is 0 Å². The van der Waals surface area contributed by atoms with Crippen LogP contribution in [0.1, 0.15) is 46.0 Å². The second-order valence-corrected chi connectivity index (χ2v) is 6.86. The van der Waals surface area contributed by atoms with Crippen LogP contribution in [-0.2, 0) is 9.59 Å². The quantitative estimate of drug-likeness (QED) is 0.820. The molecule has 0 aromatic carbocycles. The molecule has 2 saturated heterocycles. The van der Waals surface area contributed by atoms with Crippen molar-refractivity contribution in [1.29, 1.82) is 0 Å². The number of piperidine rings is 2. The van der Waals surface area contributed by atoms with Gasteiger partial charge in [0.2, 0.25) is 11.8 Å². The van der Waals surface area contributed by atoms with E-state index in [2.05, 4.69) is 19.2 Å². The molecule has 4 unspecified atom stereocenters. The van der Waals surface area contributed by atoms with Crippen molar-refractivity contribution >= 4 is 24.2 Å². The molecule has 6 heteroatoms. The number of rotatable bonds is 4. The van der Waals surface area contributed by atoms with Crippen molar-refractivity contribution in [2.45, 2.75) is 52.0 Å². The van der Waals surface area contributed by atoms with E-state index in [1.807, 2.05) is 4.90 Å². The fourth-order valence-electron chi connectivity index (χ4n) is 3.61. The molecule has 0 saturated carbocycles. The number of amides is 2. The van der Waals surface area contributed by atoms with Crippen LogP contribution in [0.5, 0.6) is 0 Å². The van der Waals surface area contributed by atoms with Gasteiger partial charge in [-0.1, -0.05) is 6.92 Å². The molecule has 0 aromatic rings. The highest BCUT2D eigenvalue weighted by molar-refractivity contribution is 5.85. The lowest BCUT2D eigenvalue weighted by molar-refractivity contribution is -0.138. The molecule has 5 nitrogen and oxygen atoms in total. The zero-order valence-electron chi connectivity index (χ0n) is 13.7. The number of carbonyl (C=O) groups excluding carboxylic acids is 2. The number of nitrogens with two attached hydrogens (primary N) is 1. The molecule has 2 fully saturated rings. The molecule has 0 aliphatic carbocycles. The summed E-state index contributed by atoms with van der Waals surface area (Å²) < 4.78 is 0. The van der Waals surface area contributed by atoms with Crippen molar-refractivity contribution in [1.82, 2.24) is 10.2 Å². The summed E-state index contributed by atoms with van der Waals surface area (Å²) in [5.74, 6) is 0.730. The standard InChI is InChI=1S/C16H29N3O2.ClH/c1-11(13-4-3-7-18-9-13)8-15(20)19-10-14(16(17)21)6-5-12(19)2;/h11-14,18H,3-10H2,1-2H3,(H2,17,21);1H. The number of hydrogen-bond acceptors (Lipinski definition) is 3. The van der Waals surface area contributed by atoms with E-state index in [-0.39, 0.29) is 36.2 Å². The molecule has 2 amide bonds. The lowest BCUT2D eigenvalue weighted by atomic mass is 9.84. The summed E-state index contributed by atoms with van der Waals surface area (Å²) in [6.45, 7) is 6.87. The summed E-state index contributed by atoms with van der Waals surface area (Å²) in [7, 11) is 0. The van der Waals surface area contributed by atoms with Crippen molar-refractivity contribution in [2.75, 3.05) is 19.6 Å². The Hall–Kier alpha value is -0.810. The molecule has 0 spiro atoms. The third kappa shape index (κ3) is 4.85. The Labute approximate surface area is 139 Å². The van der Waals surface area contributed by atoms with Crippen molar-refractivity contribution in [2.24, 2.45) is 23.5 Å². The van der Waals surface area contributed by atoms with Crippen LogP contribution in [0.15, 0.2) is 0 Å². The predicted molar refractivity (Wildman–Crippen MR) is 89.7 cm³/mol. The Kier molecular flexibility index (Phi) is 7.63.